The standard InChI is InChI=1S/C25H32N4O3/c1-18(2)27-24(31)19-7-13-22(14-8-19)28-23(30)17-26-21-11-9-20(10-12-21)25(32)29-15-5-3-4-6-16-29/h7-14,18,26H,3-6,15-17H2,1-2H3,(H,27,31)(H,28,30). The summed E-state index contributed by atoms with van der Waals surface area (Å²) in [5.74, 6) is -0.270. The van der Waals surface area contributed by atoms with E-state index in [0.717, 1.165) is 31.6 Å². The molecule has 1 aliphatic heterocycles. The van der Waals surface area contributed by atoms with Gasteiger partial charge in [-0.05, 0) is 75.2 Å². The normalized spacial score (nSPS) is 13.9. The van der Waals surface area contributed by atoms with Gasteiger partial charge in [0.05, 0.1) is 6.54 Å². The van der Waals surface area contributed by atoms with Gasteiger partial charge in [-0.15, -0.1) is 0 Å². The van der Waals surface area contributed by atoms with Gasteiger partial charge in [-0.2, -0.15) is 0 Å². The zero-order valence-electron chi connectivity index (χ0n) is 18.8. The van der Waals surface area contributed by atoms with E-state index in [0.29, 0.717) is 16.8 Å². The Labute approximate surface area is 189 Å². The summed E-state index contributed by atoms with van der Waals surface area (Å²) >= 11 is 0. The van der Waals surface area contributed by atoms with Crippen molar-refractivity contribution in [3.05, 3.63) is 59.7 Å². The van der Waals surface area contributed by atoms with Crippen molar-refractivity contribution < 1.29 is 14.4 Å². The molecule has 7 nitrogen and oxygen atoms in total. The van der Waals surface area contributed by atoms with E-state index in [1.165, 1.54) is 12.8 Å². The van der Waals surface area contributed by atoms with Crippen molar-refractivity contribution in [1.82, 2.24) is 10.2 Å². The van der Waals surface area contributed by atoms with Gasteiger partial charge in [-0.1, -0.05) is 12.8 Å². The molecule has 0 aromatic heterocycles. The molecular formula is C25H32N4O3. The molecule has 0 aliphatic carbocycles. The first kappa shape index (κ1) is 23.3. The molecule has 1 fully saturated rings. The van der Waals surface area contributed by atoms with Gasteiger partial charge in [0.15, 0.2) is 0 Å². The summed E-state index contributed by atoms with van der Waals surface area (Å²) in [6, 6.07) is 14.1. The predicted octanol–water partition coefficient (Wildman–Crippen LogP) is 3.89. The maximum atomic E-state index is 12.7. The summed E-state index contributed by atoms with van der Waals surface area (Å²) in [5, 5.41) is 8.70. The number of hydrogen-bond donors (Lipinski definition) is 3. The molecule has 3 amide bonds. The molecule has 0 saturated carbocycles. The van der Waals surface area contributed by atoms with Crippen molar-refractivity contribution in [2.45, 2.75) is 45.6 Å². The van der Waals surface area contributed by atoms with Crippen LogP contribution >= 0.6 is 0 Å². The van der Waals surface area contributed by atoms with Crippen LogP contribution in [0.25, 0.3) is 0 Å². The Morgan fingerprint density at radius 1 is 0.812 bits per heavy atom. The third-order valence-electron chi connectivity index (χ3n) is 5.33. The highest BCUT2D eigenvalue weighted by Crippen LogP contribution is 2.16. The number of carbonyl (C=O) groups excluding carboxylic acids is 3. The van der Waals surface area contributed by atoms with E-state index < -0.39 is 0 Å². The number of rotatable bonds is 7. The lowest BCUT2D eigenvalue weighted by molar-refractivity contribution is -0.114. The van der Waals surface area contributed by atoms with E-state index in [1.54, 1.807) is 36.4 Å². The van der Waals surface area contributed by atoms with Gasteiger partial charge in [0.25, 0.3) is 11.8 Å². The number of benzene rings is 2. The third kappa shape index (κ3) is 6.83. The first-order valence-corrected chi connectivity index (χ1v) is 11.3. The summed E-state index contributed by atoms with van der Waals surface area (Å²) in [7, 11) is 0. The maximum Gasteiger partial charge on any atom is 0.253 e. The molecule has 7 heteroatoms. The smallest absolute Gasteiger partial charge is 0.253 e. The van der Waals surface area contributed by atoms with Crippen LogP contribution in [-0.4, -0.2) is 48.3 Å². The number of hydrogen-bond acceptors (Lipinski definition) is 4. The van der Waals surface area contributed by atoms with Crippen LogP contribution in [0.15, 0.2) is 48.5 Å². The van der Waals surface area contributed by atoms with Crippen LogP contribution in [0.1, 0.15) is 60.2 Å². The molecule has 170 valence electrons. The summed E-state index contributed by atoms with van der Waals surface area (Å²) in [6.45, 7) is 5.54. The maximum absolute atomic E-state index is 12.7. The number of carbonyl (C=O) groups is 3. The van der Waals surface area contributed by atoms with E-state index in [1.807, 2.05) is 30.9 Å². The largest absolute Gasteiger partial charge is 0.376 e. The summed E-state index contributed by atoms with van der Waals surface area (Å²) < 4.78 is 0. The van der Waals surface area contributed by atoms with Gasteiger partial charge < -0.3 is 20.9 Å². The van der Waals surface area contributed by atoms with E-state index in [2.05, 4.69) is 16.0 Å². The third-order valence-corrected chi connectivity index (χ3v) is 5.33. The number of nitrogens with zero attached hydrogens (tertiary/aromatic N) is 1. The van der Waals surface area contributed by atoms with E-state index in [4.69, 9.17) is 0 Å². The van der Waals surface area contributed by atoms with Crippen molar-refractivity contribution >= 4 is 29.1 Å². The molecule has 3 rings (SSSR count). The highest BCUT2D eigenvalue weighted by atomic mass is 16.2. The van der Waals surface area contributed by atoms with Gasteiger partial charge in [-0.25, -0.2) is 0 Å². The summed E-state index contributed by atoms with van der Waals surface area (Å²) in [4.78, 5) is 38.8. The highest BCUT2D eigenvalue weighted by Gasteiger charge is 2.17. The lowest BCUT2D eigenvalue weighted by atomic mass is 10.1. The minimum atomic E-state index is -0.200. The van der Waals surface area contributed by atoms with Crippen LogP contribution < -0.4 is 16.0 Å². The zero-order chi connectivity index (χ0) is 22.9. The Hall–Kier alpha value is -3.35. The molecule has 3 N–H and O–H groups in total. The molecule has 0 bridgehead atoms. The lowest BCUT2D eigenvalue weighted by Gasteiger charge is -2.20. The fourth-order valence-electron chi connectivity index (χ4n) is 3.62. The van der Waals surface area contributed by atoms with E-state index >= 15 is 0 Å². The molecule has 2 aromatic carbocycles. The SMILES string of the molecule is CC(C)NC(=O)c1ccc(NC(=O)CNc2ccc(C(=O)N3CCCCCC3)cc2)cc1. The van der Waals surface area contributed by atoms with Crippen molar-refractivity contribution in [1.29, 1.82) is 0 Å². The quantitative estimate of drug-likeness (QED) is 0.614. The van der Waals surface area contributed by atoms with Crippen LogP contribution in [0, 0.1) is 0 Å². The number of amides is 3. The van der Waals surface area contributed by atoms with E-state index in [9.17, 15) is 14.4 Å². The zero-order valence-corrected chi connectivity index (χ0v) is 18.8. The molecule has 0 unspecified atom stereocenters. The number of anilines is 2. The molecule has 1 saturated heterocycles. The van der Waals surface area contributed by atoms with E-state index in [-0.39, 0.29) is 30.3 Å². The topological polar surface area (TPSA) is 90.5 Å². The van der Waals surface area contributed by atoms with Gasteiger partial charge in [-0.3, -0.25) is 14.4 Å². The first-order valence-electron chi connectivity index (χ1n) is 11.3. The van der Waals surface area contributed by atoms with Crippen LogP contribution in [0.3, 0.4) is 0 Å². The van der Waals surface area contributed by atoms with Crippen LogP contribution in [-0.2, 0) is 4.79 Å². The second kappa shape index (κ2) is 11.3. The Bertz CT molecular complexity index is 915. The Morgan fingerprint density at radius 3 is 1.97 bits per heavy atom. The fraction of sp³-hybridized carbons (Fsp3) is 0.400. The van der Waals surface area contributed by atoms with Gasteiger partial charge in [0.1, 0.15) is 0 Å². The molecular weight excluding hydrogens is 404 g/mol. The van der Waals surface area contributed by atoms with Crippen molar-refractivity contribution in [2.24, 2.45) is 0 Å². The van der Waals surface area contributed by atoms with Crippen molar-refractivity contribution in [3.63, 3.8) is 0 Å². The highest BCUT2D eigenvalue weighted by molar-refractivity contribution is 5.97. The Balaban J connectivity index is 1.47. The van der Waals surface area contributed by atoms with Crippen LogP contribution in [0.5, 0.6) is 0 Å². The average Bonchev–Trinajstić information content (AvgIpc) is 3.07. The molecule has 1 aliphatic rings. The Kier molecular flexibility index (Phi) is 8.25. The van der Waals surface area contributed by atoms with Gasteiger partial charge >= 0.3 is 0 Å². The predicted molar refractivity (Wildman–Crippen MR) is 127 cm³/mol. The molecule has 0 radical (unpaired) electrons. The second-order valence-corrected chi connectivity index (χ2v) is 8.39. The molecule has 2 aromatic rings. The second-order valence-electron chi connectivity index (χ2n) is 8.39. The van der Waals surface area contributed by atoms with Gasteiger partial charge in [0.2, 0.25) is 5.91 Å². The van der Waals surface area contributed by atoms with Crippen molar-refractivity contribution in [3.8, 4) is 0 Å². The minimum Gasteiger partial charge on any atom is -0.376 e. The van der Waals surface area contributed by atoms with Crippen LogP contribution in [0.4, 0.5) is 11.4 Å². The summed E-state index contributed by atoms with van der Waals surface area (Å²) in [6.07, 6.45) is 4.50. The van der Waals surface area contributed by atoms with Gasteiger partial charge in [0, 0.05) is 41.6 Å². The Morgan fingerprint density at radius 2 is 1.38 bits per heavy atom. The molecule has 0 atom stereocenters. The fourth-order valence-corrected chi connectivity index (χ4v) is 3.62. The monoisotopic (exact) mass is 436 g/mol. The molecule has 1 heterocycles. The molecule has 0 spiro atoms. The minimum absolute atomic E-state index is 0.0643. The number of nitrogens with one attached hydrogen (secondary N) is 3. The lowest BCUT2D eigenvalue weighted by Crippen LogP contribution is -2.31. The summed E-state index contributed by atoms with van der Waals surface area (Å²) in [5.41, 5.74) is 2.61. The average molecular weight is 437 g/mol. The van der Waals surface area contributed by atoms with Crippen molar-refractivity contribution in [2.75, 3.05) is 30.3 Å². The number of likely N-dealkylation sites (tertiary alicyclic amines) is 1. The molecule has 32 heavy (non-hydrogen) atoms. The van der Waals surface area contributed by atoms with Crippen LogP contribution in [0.2, 0.25) is 0 Å². The first-order chi connectivity index (χ1) is 15.4.